The standard InChI is InChI=1S/C14H15F3N2O2S2/c1-23(20,21)11-4-2-3-10-12(11)18-13(22-10)19-7-5-9(6-8-19)14(15,16)17/h2-4,9H,5-8H2,1H3. The van der Waals surface area contributed by atoms with Gasteiger partial charge in [0.05, 0.1) is 15.5 Å². The van der Waals surface area contributed by atoms with Crippen molar-refractivity contribution in [3.05, 3.63) is 18.2 Å². The van der Waals surface area contributed by atoms with Gasteiger partial charge in [-0.25, -0.2) is 13.4 Å². The van der Waals surface area contributed by atoms with E-state index in [1.54, 1.807) is 17.0 Å². The van der Waals surface area contributed by atoms with Crippen molar-refractivity contribution in [2.24, 2.45) is 5.92 Å². The molecule has 3 rings (SSSR count). The number of benzene rings is 1. The fraction of sp³-hybridized carbons (Fsp3) is 0.500. The SMILES string of the molecule is CS(=O)(=O)c1cccc2sc(N3CCC(C(F)(F)F)CC3)nc12. The smallest absolute Gasteiger partial charge is 0.348 e. The monoisotopic (exact) mass is 364 g/mol. The molecule has 0 bridgehead atoms. The molecule has 1 aromatic carbocycles. The van der Waals surface area contributed by atoms with Crippen LogP contribution in [0.1, 0.15) is 12.8 Å². The van der Waals surface area contributed by atoms with E-state index in [1.165, 1.54) is 17.4 Å². The number of piperidine rings is 1. The van der Waals surface area contributed by atoms with E-state index in [0.29, 0.717) is 10.6 Å². The number of hydrogen-bond donors (Lipinski definition) is 0. The van der Waals surface area contributed by atoms with Crippen molar-refractivity contribution in [3.63, 3.8) is 0 Å². The third-order valence-electron chi connectivity index (χ3n) is 4.00. The van der Waals surface area contributed by atoms with Gasteiger partial charge < -0.3 is 4.90 Å². The lowest BCUT2D eigenvalue weighted by Gasteiger charge is -2.32. The molecule has 0 N–H and O–H groups in total. The maximum Gasteiger partial charge on any atom is 0.391 e. The highest BCUT2D eigenvalue weighted by Crippen LogP contribution is 2.38. The predicted octanol–water partition coefficient (Wildman–Crippen LogP) is 3.48. The van der Waals surface area contributed by atoms with E-state index in [0.717, 1.165) is 11.0 Å². The zero-order valence-corrected chi connectivity index (χ0v) is 13.9. The molecule has 0 radical (unpaired) electrons. The maximum absolute atomic E-state index is 12.7. The molecule has 1 fully saturated rings. The van der Waals surface area contributed by atoms with Gasteiger partial charge in [-0.2, -0.15) is 13.2 Å². The molecular formula is C14H15F3N2O2S2. The number of nitrogens with zero attached hydrogens (tertiary/aromatic N) is 2. The molecule has 1 aromatic heterocycles. The first kappa shape index (κ1) is 16.5. The van der Waals surface area contributed by atoms with Crippen LogP contribution in [0.4, 0.5) is 18.3 Å². The Bertz CT molecular complexity index is 822. The molecule has 0 saturated carbocycles. The number of fused-ring (bicyclic) bond motifs is 1. The Morgan fingerprint density at radius 2 is 1.91 bits per heavy atom. The van der Waals surface area contributed by atoms with Crippen LogP contribution in [0.2, 0.25) is 0 Å². The highest BCUT2D eigenvalue weighted by atomic mass is 32.2. The number of halogens is 3. The van der Waals surface area contributed by atoms with Crippen LogP contribution < -0.4 is 4.90 Å². The van der Waals surface area contributed by atoms with E-state index in [9.17, 15) is 21.6 Å². The highest BCUT2D eigenvalue weighted by Gasteiger charge is 2.41. The van der Waals surface area contributed by atoms with Crippen LogP contribution in [0.25, 0.3) is 10.2 Å². The lowest BCUT2D eigenvalue weighted by molar-refractivity contribution is -0.179. The summed E-state index contributed by atoms with van der Waals surface area (Å²) in [6, 6.07) is 4.92. The highest BCUT2D eigenvalue weighted by molar-refractivity contribution is 7.91. The van der Waals surface area contributed by atoms with Crippen molar-refractivity contribution in [2.75, 3.05) is 24.2 Å². The van der Waals surface area contributed by atoms with Gasteiger partial charge in [0.2, 0.25) is 0 Å². The van der Waals surface area contributed by atoms with Crippen molar-refractivity contribution < 1.29 is 21.6 Å². The minimum Gasteiger partial charge on any atom is -0.348 e. The van der Waals surface area contributed by atoms with Gasteiger partial charge in [0.1, 0.15) is 5.52 Å². The van der Waals surface area contributed by atoms with Gasteiger partial charge >= 0.3 is 6.18 Å². The second-order valence-corrected chi connectivity index (χ2v) is 8.67. The zero-order chi connectivity index (χ0) is 16.8. The molecule has 0 spiro atoms. The summed E-state index contributed by atoms with van der Waals surface area (Å²) in [7, 11) is -3.40. The van der Waals surface area contributed by atoms with Crippen LogP contribution >= 0.6 is 11.3 Å². The topological polar surface area (TPSA) is 50.3 Å². The largest absolute Gasteiger partial charge is 0.391 e. The van der Waals surface area contributed by atoms with E-state index >= 15 is 0 Å². The van der Waals surface area contributed by atoms with Crippen LogP contribution in [0.15, 0.2) is 23.1 Å². The van der Waals surface area contributed by atoms with Crippen molar-refractivity contribution in [2.45, 2.75) is 23.9 Å². The summed E-state index contributed by atoms with van der Waals surface area (Å²) in [4.78, 5) is 6.33. The Hall–Kier alpha value is -1.35. The van der Waals surface area contributed by atoms with E-state index in [2.05, 4.69) is 4.98 Å². The van der Waals surface area contributed by atoms with E-state index in [4.69, 9.17) is 0 Å². The summed E-state index contributed by atoms with van der Waals surface area (Å²) in [5.41, 5.74) is 0.396. The average molecular weight is 364 g/mol. The summed E-state index contributed by atoms with van der Waals surface area (Å²) >= 11 is 1.31. The third-order valence-corrected chi connectivity index (χ3v) is 6.21. The van der Waals surface area contributed by atoms with E-state index in [1.807, 2.05) is 0 Å². The Morgan fingerprint density at radius 3 is 2.48 bits per heavy atom. The number of anilines is 1. The quantitative estimate of drug-likeness (QED) is 0.819. The maximum atomic E-state index is 12.7. The van der Waals surface area contributed by atoms with Gasteiger partial charge in [0.15, 0.2) is 15.0 Å². The minimum absolute atomic E-state index is 0.0400. The summed E-state index contributed by atoms with van der Waals surface area (Å²) in [6.45, 7) is 0.552. The zero-order valence-electron chi connectivity index (χ0n) is 12.3. The molecule has 126 valence electrons. The lowest BCUT2D eigenvalue weighted by Crippen LogP contribution is -2.38. The second kappa shape index (κ2) is 5.62. The first-order chi connectivity index (χ1) is 10.7. The molecule has 1 aliphatic rings. The molecule has 0 unspecified atom stereocenters. The van der Waals surface area contributed by atoms with Gasteiger partial charge in [0, 0.05) is 19.3 Å². The Morgan fingerprint density at radius 1 is 1.26 bits per heavy atom. The Balaban J connectivity index is 1.88. The summed E-state index contributed by atoms with van der Waals surface area (Å²) < 4.78 is 62.5. The van der Waals surface area contributed by atoms with Crippen LogP contribution in [-0.2, 0) is 9.84 Å². The Kier molecular flexibility index (Phi) is 4.04. The van der Waals surface area contributed by atoms with Crippen molar-refractivity contribution in [1.29, 1.82) is 0 Å². The molecule has 0 atom stereocenters. The second-order valence-electron chi connectivity index (χ2n) is 5.67. The number of thiazole rings is 1. The molecule has 0 amide bonds. The number of para-hydroxylation sites is 1. The predicted molar refractivity (Wildman–Crippen MR) is 83.7 cm³/mol. The van der Waals surface area contributed by atoms with Gasteiger partial charge in [-0.1, -0.05) is 17.4 Å². The Labute approximate surface area is 135 Å². The summed E-state index contributed by atoms with van der Waals surface area (Å²) in [6.07, 6.45) is -2.95. The molecule has 0 aliphatic carbocycles. The fourth-order valence-corrected chi connectivity index (χ4v) is 4.69. The first-order valence-corrected chi connectivity index (χ1v) is 9.78. The molecule has 23 heavy (non-hydrogen) atoms. The number of hydrogen-bond acceptors (Lipinski definition) is 5. The number of rotatable bonds is 2. The van der Waals surface area contributed by atoms with Crippen LogP contribution in [0.3, 0.4) is 0 Å². The molecule has 2 aromatic rings. The minimum atomic E-state index is -4.15. The summed E-state index contributed by atoms with van der Waals surface area (Å²) in [5.74, 6) is -1.26. The summed E-state index contributed by atoms with van der Waals surface area (Å²) in [5, 5.41) is 0.580. The molecule has 4 nitrogen and oxygen atoms in total. The molecule has 1 aliphatic heterocycles. The number of sulfone groups is 1. The normalized spacial score (nSPS) is 17.8. The van der Waals surface area contributed by atoms with E-state index < -0.39 is 21.9 Å². The van der Waals surface area contributed by atoms with Gasteiger partial charge in [-0.15, -0.1) is 0 Å². The van der Waals surface area contributed by atoms with Crippen LogP contribution in [0.5, 0.6) is 0 Å². The molecule has 2 heterocycles. The molecule has 1 saturated heterocycles. The van der Waals surface area contributed by atoms with Crippen LogP contribution in [0, 0.1) is 5.92 Å². The van der Waals surface area contributed by atoms with Gasteiger partial charge in [-0.05, 0) is 25.0 Å². The van der Waals surface area contributed by atoms with Gasteiger partial charge in [-0.3, -0.25) is 0 Å². The molecular weight excluding hydrogens is 349 g/mol. The van der Waals surface area contributed by atoms with Crippen molar-refractivity contribution in [3.8, 4) is 0 Å². The van der Waals surface area contributed by atoms with Crippen molar-refractivity contribution in [1.82, 2.24) is 4.98 Å². The first-order valence-electron chi connectivity index (χ1n) is 7.07. The lowest BCUT2D eigenvalue weighted by atomic mass is 9.97. The van der Waals surface area contributed by atoms with Crippen LogP contribution in [-0.4, -0.2) is 38.9 Å². The van der Waals surface area contributed by atoms with E-state index in [-0.39, 0.29) is 30.8 Å². The molecule has 9 heteroatoms. The number of alkyl halides is 3. The van der Waals surface area contributed by atoms with Crippen molar-refractivity contribution >= 4 is 36.5 Å². The van der Waals surface area contributed by atoms with Gasteiger partial charge in [0.25, 0.3) is 0 Å². The average Bonchev–Trinajstić information content (AvgIpc) is 2.89. The third kappa shape index (κ3) is 3.30. The fourth-order valence-electron chi connectivity index (χ4n) is 2.74. The number of aromatic nitrogens is 1.